The van der Waals surface area contributed by atoms with Gasteiger partial charge < -0.3 is 14.4 Å². The molecule has 1 N–H and O–H groups in total. The quantitative estimate of drug-likeness (QED) is 0.913. The van der Waals surface area contributed by atoms with E-state index in [4.69, 9.17) is 14.4 Å². The van der Waals surface area contributed by atoms with Gasteiger partial charge in [0.1, 0.15) is 11.4 Å². The van der Waals surface area contributed by atoms with Gasteiger partial charge in [-0.05, 0) is 39.5 Å². The summed E-state index contributed by atoms with van der Waals surface area (Å²) in [4.78, 5) is 10.9. The minimum absolute atomic E-state index is 0.201. The van der Waals surface area contributed by atoms with Crippen LogP contribution in [0.2, 0.25) is 0 Å². The number of hydrogen-bond donors (Lipinski definition) is 1. The molecule has 2 rings (SSSR count). The summed E-state index contributed by atoms with van der Waals surface area (Å²) in [5.74, 6) is -0.434. The standard InChI is InChI=1S/C14H14BrNO4/c1-7(2)8-4-9(13(19-3)10(15)5-8)11-6-12(14(17)18)20-16-11/h4-7H,1-3H3,(H,17,18). The average molecular weight is 340 g/mol. The lowest BCUT2D eigenvalue weighted by Crippen LogP contribution is -1.95. The molecule has 0 amide bonds. The third-order valence-corrected chi connectivity index (χ3v) is 3.52. The molecule has 0 fully saturated rings. The number of rotatable bonds is 4. The van der Waals surface area contributed by atoms with Gasteiger partial charge in [0.25, 0.3) is 0 Å². The van der Waals surface area contributed by atoms with E-state index < -0.39 is 5.97 Å². The van der Waals surface area contributed by atoms with Crippen molar-refractivity contribution in [3.8, 4) is 17.0 Å². The Bertz CT molecular complexity index is 649. The van der Waals surface area contributed by atoms with E-state index in [0.717, 1.165) is 10.0 Å². The first kappa shape index (κ1) is 14.6. The Kier molecular flexibility index (Phi) is 4.13. The van der Waals surface area contributed by atoms with E-state index >= 15 is 0 Å². The van der Waals surface area contributed by atoms with E-state index in [2.05, 4.69) is 34.9 Å². The molecule has 0 spiro atoms. The Morgan fingerprint density at radius 2 is 2.10 bits per heavy atom. The Morgan fingerprint density at radius 1 is 1.40 bits per heavy atom. The topological polar surface area (TPSA) is 72.6 Å². The average Bonchev–Trinajstić information content (AvgIpc) is 2.87. The van der Waals surface area contributed by atoms with Crippen LogP contribution in [0, 0.1) is 0 Å². The van der Waals surface area contributed by atoms with Crippen molar-refractivity contribution < 1.29 is 19.2 Å². The summed E-state index contributed by atoms with van der Waals surface area (Å²) in [6, 6.07) is 5.29. The summed E-state index contributed by atoms with van der Waals surface area (Å²) in [5, 5.41) is 12.7. The molecule has 1 heterocycles. The van der Waals surface area contributed by atoms with Crippen LogP contribution in [-0.4, -0.2) is 23.3 Å². The van der Waals surface area contributed by atoms with E-state index in [9.17, 15) is 4.79 Å². The van der Waals surface area contributed by atoms with Gasteiger partial charge in [-0.25, -0.2) is 4.79 Å². The fourth-order valence-electron chi connectivity index (χ4n) is 1.85. The predicted molar refractivity (Wildman–Crippen MR) is 77.2 cm³/mol. The first-order chi connectivity index (χ1) is 9.43. The molecule has 0 atom stereocenters. The van der Waals surface area contributed by atoms with Crippen LogP contribution in [0.5, 0.6) is 5.75 Å². The van der Waals surface area contributed by atoms with Crippen LogP contribution in [0.3, 0.4) is 0 Å². The van der Waals surface area contributed by atoms with Crippen molar-refractivity contribution in [3.05, 3.63) is 34.0 Å². The Morgan fingerprint density at radius 3 is 2.60 bits per heavy atom. The second kappa shape index (κ2) is 5.66. The van der Waals surface area contributed by atoms with Gasteiger partial charge in [-0.15, -0.1) is 0 Å². The molecule has 0 aliphatic carbocycles. The molecule has 0 aliphatic rings. The molecule has 0 unspecified atom stereocenters. The summed E-state index contributed by atoms with van der Waals surface area (Å²) in [6.07, 6.45) is 0. The molecule has 0 saturated heterocycles. The van der Waals surface area contributed by atoms with E-state index in [1.165, 1.54) is 6.07 Å². The second-order valence-electron chi connectivity index (χ2n) is 4.62. The zero-order chi connectivity index (χ0) is 14.9. The zero-order valence-electron chi connectivity index (χ0n) is 11.3. The summed E-state index contributed by atoms with van der Waals surface area (Å²) in [6.45, 7) is 4.15. The van der Waals surface area contributed by atoms with E-state index in [1.807, 2.05) is 12.1 Å². The highest BCUT2D eigenvalue weighted by Gasteiger charge is 2.18. The fraction of sp³-hybridized carbons (Fsp3) is 0.286. The van der Waals surface area contributed by atoms with Gasteiger partial charge in [0.15, 0.2) is 0 Å². The molecule has 106 valence electrons. The summed E-state index contributed by atoms with van der Waals surface area (Å²) in [7, 11) is 1.55. The minimum atomic E-state index is -1.15. The molecule has 5 nitrogen and oxygen atoms in total. The van der Waals surface area contributed by atoms with Crippen molar-refractivity contribution in [2.24, 2.45) is 0 Å². The van der Waals surface area contributed by atoms with Crippen LogP contribution in [0.25, 0.3) is 11.3 Å². The first-order valence-corrected chi connectivity index (χ1v) is 6.81. The van der Waals surface area contributed by atoms with Gasteiger partial charge in [-0.1, -0.05) is 19.0 Å². The van der Waals surface area contributed by atoms with Crippen LogP contribution in [0.4, 0.5) is 0 Å². The molecule has 0 aliphatic heterocycles. The van der Waals surface area contributed by atoms with E-state index in [0.29, 0.717) is 22.9 Å². The van der Waals surface area contributed by atoms with Gasteiger partial charge in [0, 0.05) is 11.6 Å². The van der Waals surface area contributed by atoms with Crippen LogP contribution in [-0.2, 0) is 0 Å². The van der Waals surface area contributed by atoms with Gasteiger partial charge in [-0.2, -0.15) is 0 Å². The maximum atomic E-state index is 10.9. The van der Waals surface area contributed by atoms with Gasteiger partial charge in [0.05, 0.1) is 11.6 Å². The predicted octanol–water partition coefficient (Wildman–Crippen LogP) is 3.93. The summed E-state index contributed by atoms with van der Waals surface area (Å²) < 4.78 is 11.0. The van der Waals surface area contributed by atoms with Crippen molar-refractivity contribution in [1.29, 1.82) is 0 Å². The lowest BCUT2D eigenvalue weighted by atomic mass is 9.99. The highest BCUT2D eigenvalue weighted by atomic mass is 79.9. The van der Waals surface area contributed by atoms with Gasteiger partial charge in [-0.3, -0.25) is 0 Å². The first-order valence-electron chi connectivity index (χ1n) is 6.01. The Labute approximate surface area is 124 Å². The van der Waals surface area contributed by atoms with Crippen LogP contribution < -0.4 is 4.74 Å². The van der Waals surface area contributed by atoms with Crippen molar-refractivity contribution in [2.75, 3.05) is 7.11 Å². The van der Waals surface area contributed by atoms with Gasteiger partial charge >= 0.3 is 5.97 Å². The molecular formula is C14H14BrNO4. The van der Waals surface area contributed by atoms with Crippen molar-refractivity contribution in [1.82, 2.24) is 5.16 Å². The maximum absolute atomic E-state index is 10.9. The molecule has 1 aromatic carbocycles. The third-order valence-electron chi connectivity index (χ3n) is 2.93. The summed E-state index contributed by atoms with van der Waals surface area (Å²) in [5.41, 5.74) is 2.22. The fourth-order valence-corrected chi connectivity index (χ4v) is 2.49. The molecular weight excluding hydrogens is 326 g/mol. The highest BCUT2D eigenvalue weighted by molar-refractivity contribution is 9.10. The smallest absolute Gasteiger partial charge is 0.374 e. The van der Waals surface area contributed by atoms with Crippen LogP contribution >= 0.6 is 15.9 Å². The monoisotopic (exact) mass is 339 g/mol. The molecule has 2 aromatic rings. The van der Waals surface area contributed by atoms with E-state index in [1.54, 1.807) is 7.11 Å². The number of halogens is 1. The lowest BCUT2D eigenvalue weighted by molar-refractivity contribution is 0.0652. The van der Waals surface area contributed by atoms with Gasteiger partial charge in [0.2, 0.25) is 5.76 Å². The maximum Gasteiger partial charge on any atom is 0.374 e. The number of carboxylic acid groups (broad SMARTS) is 1. The molecule has 0 radical (unpaired) electrons. The zero-order valence-corrected chi connectivity index (χ0v) is 12.9. The van der Waals surface area contributed by atoms with Crippen molar-refractivity contribution >= 4 is 21.9 Å². The number of benzene rings is 1. The number of carbonyl (C=O) groups is 1. The van der Waals surface area contributed by atoms with Crippen molar-refractivity contribution in [3.63, 3.8) is 0 Å². The third kappa shape index (κ3) is 2.70. The molecule has 20 heavy (non-hydrogen) atoms. The highest BCUT2D eigenvalue weighted by Crippen LogP contribution is 2.38. The number of aromatic nitrogens is 1. The van der Waals surface area contributed by atoms with Crippen LogP contribution in [0.15, 0.2) is 27.2 Å². The van der Waals surface area contributed by atoms with E-state index in [-0.39, 0.29) is 5.76 Å². The van der Waals surface area contributed by atoms with Crippen molar-refractivity contribution in [2.45, 2.75) is 19.8 Å². The SMILES string of the molecule is COc1c(Br)cc(C(C)C)cc1-c1cc(C(=O)O)on1. The summed E-state index contributed by atoms with van der Waals surface area (Å²) >= 11 is 3.46. The normalized spacial score (nSPS) is 10.8. The lowest BCUT2D eigenvalue weighted by Gasteiger charge is -2.13. The van der Waals surface area contributed by atoms with Crippen LogP contribution in [0.1, 0.15) is 35.9 Å². The molecule has 0 bridgehead atoms. The minimum Gasteiger partial charge on any atom is -0.495 e. The molecule has 1 aromatic heterocycles. The number of hydrogen-bond acceptors (Lipinski definition) is 4. The number of nitrogens with zero attached hydrogens (tertiary/aromatic N) is 1. The number of carboxylic acids is 1. The largest absolute Gasteiger partial charge is 0.495 e. The second-order valence-corrected chi connectivity index (χ2v) is 5.47. The molecule has 6 heteroatoms. The number of ether oxygens (including phenoxy) is 1. The Hall–Kier alpha value is -1.82. The number of aromatic carboxylic acids is 1. The number of methoxy groups -OCH3 is 1. The molecule has 0 saturated carbocycles. The Balaban J connectivity index is 2.60.